The van der Waals surface area contributed by atoms with Gasteiger partial charge in [0.25, 0.3) is 0 Å². The number of aromatic hydroxyl groups is 7. The second-order valence-electron chi connectivity index (χ2n) is 27.9. The number of hydrogen-bond donors (Lipinski definition) is 7. The number of cyclic esters (lactones) is 4. The van der Waals surface area contributed by atoms with Gasteiger partial charge in [0.05, 0.1) is 46.7 Å². The standard InChI is InChI=1S/C24H24O6.C23H21ClO6.C21H25ClO6.C18H20O6/c25-17-8-4-5-9-21-22(30-21)14-19(10-15-6-2-1-3-7-15)29-24(28)23-16(11-17)12-18(26)13-20(23)27;24-22-15-10-14(25)8-4-5-9-18-20(29-18)12-19(13-6-2-1-3-7-13)30-23(28)21(15)16(26)11-17(22)27;1-3-26-13-27-18-12-17(24)19-16(20(18)22)11-15(23)10-8-6-4-5-7-9-14(2)28-21(19)25;1-10-6-16-15(24-16)5-3-2-4-12(19)7-11-8-13(20)9-14(21)17(11)18(22)23-10/h1-4,6-8,12-13,19,21-22,26-27H,5,9-11,14H2;1-4,6-8,11,18-20,26-27H,5,9-10,12H2;5,7-8,10,12,14,24H,3-4,6,9,11,13H2,1-2H3;2,4,8-10,15-16,20-21H,3,5-7H2,1H3/b2*8-4+;7-5+,10-8+;4-2+/t19-,21?,22?;18?,19-,20?;14-;10-,15?,16?/m1110/s1. The molecule has 0 bridgehead atoms. The Morgan fingerprint density at radius 3 is 1.43 bits per heavy atom. The predicted octanol–water partition coefficient (Wildman–Crippen LogP) is 14.4. The zero-order chi connectivity index (χ0) is 80.1. The molecule has 0 saturated carbocycles. The normalized spacial score (nSPS) is 25.0. The van der Waals surface area contributed by atoms with Crippen LogP contribution in [0.25, 0.3) is 0 Å². The number of benzene rings is 6. The molecule has 112 heavy (non-hydrogen) atoms. The Hall–Kier alpha value is -10.6. The first-order valence-electron chi connectivity index (χ1n) is 37.2. The average molecular weight is 1580 g/mol. The van der Waals surface area contributed by atoms with E-state index < -0.39 is 65.2 Å². The van der Waals surface area contributed by atoms with Crippen molar-refractivity contribution in [2.75, 3.05) is 13.4 Å². The maximum atomic E-state index is 13.1. The first-order valence-corrected chi connectivity index (χ1v) is 38.0. The minimum Gasteiger partial charge on any atom is -0.508 e. The summed E-state index contributed by atoms with van der Waals surface area (Å²) in [4.78, 5) is 100. The number of carbonyl (C=O) groups excluding carboxylic acids is 8. The number of phenolic OH excluding ortho intramolecular Hbond substituents is 7. The molecule has 7 heterocycles. The fraction of sp³-hybridized carbons (Fsp3) is 0.372. The molecule has 7 aliphatic heterocycles. The number of hydrogen-bond acceptors (Lipinski definition) is 24. The zero-order valence-corrected chi connectivity index (χ0v) is 63.6. The van der Waals surface area contributed by atoms with Crippen molar-refractivity contribution in [3.05, 3.63) is 224 Å². The van der Waals surface area contributed by atoms with E-state index in [0.717, 1.165) is 67.9 Å². The molecule has 0 spiro atoms. The van der Waals surface area contributed by atoms with Crippen LogP contribution in [0, 0.1) is 0 Å². The summed E-state index contributed by atoms with van der Waals surface area (Å²) in [6, 6.07) is 26.0. The lowest BCUT2D eigenvalue weighted by atomic mass is 9.98. The second kappa shape index (κ2) is 40.0. The third kappa shape index (κ3) is 24.2. The highest BCUT2D eigenvalue weighted by atomic mass is 35.5. The first-order chi connectivity index (χ1) is 53.8. The smallest absolute Gasteiger partial charge is 0.342 e. The van der Waals surface area contributed by atoms with Crippen LogP contribution in [0.4, 0.5) is 0 Å². The van der Waals surface area contributed by atoms with E-state index in [2.05, 4.69) is 0 Å². The van der Waals surface area contributed by atoms with Crippen molar-refractivity contribution in [1.82, 2.24) is 0 Å². The molecule has 0 aliphatic carbocycles. The van der Waals surface area contributed by atoms with Crippen LogP contribution in [0.1, 0.15) is 179 Å². The molecular weight excluding hydrogens is 1490 g/mol. The summed E-state index contributed by atoms with van der Waals surface area (Å²) in [7, 11) is 0. The van der Waals surface area contributed by atoms with Crippen molar-refractivity contribution >= 4 is 70.2 Å². The van der Waals surface area contributed by atoms with Crippen molar-refractivity contribution in [2.45, 2.75) is 191 Å². The number of allylic oxidation sites excluding steroid dienone is 9. The molecule has 10 atom stereocenters. The van der Waals surface area contributed by atoms with Crippen LogP contribution < -0.4 is 4.74 Å². The topological polar surface area (TPSA) is 371 Å². The van der Waals surface area contributed by atoms with Gasteiger partial charge in [-0.3, -0.25) is 19.2 Å². The minimum absolute atomic E-state index is 0.00596. The highest BCUT2D eigenvalue weighted by Crippen LogP contribution is 2.43. The Kier molecular flexibility index (Phi) is 30.0. The lowest BCUT2D eigenvalue weighted by Crippen LogP contribution is -2.24. The number of esters is 4. The zero-order valence-electron chi connectivity index (χ0n) is 62.0. The third-order valence-corrected chi connectivity index (χ3v) is 20.0. The molecule has 0 radical (unpaired) electrons. The molecule has 3 fully saturated rings. The van der Waals surface area contributed by atoms with Gasteiger partial charge < -0.3 is 78.4 Å². The summed E-state index contributed by atoms with van der Waals surface area (Å²) < 4.78 is 49.9. The number of rotatable bonds is 7. The predicted molar refractivity (Wildman–Crippen MR) is 410 cm³/mol. The van der Waals surface area contributed by atoms with E-state index in [9.17, 15) is 74.1 Å². The molecule has 13 rings (SSSR count). The molecule has 24 nitrogen and oxygen atoms in total. The van der Waals surface area contributed by atoms with Crippen LogP contribution in [0.3, 0.4) is 0 Å². The van der Waals surface area contributed by atoms with Crippen molar-refractivity contribution < 1.29 is 117 Å². The number of halogens is 2. The van der Waals surface area contributed by atoms with E-state index >= 15 is 0 Å². The molecule has 6 unspecified atom stereocenters. The average Bonchev–Trinajstić information content (AvgIpc) is 1.40. The van der Waals surface area contributed by atoms with E-state index in [-0.39, 0.29) is 176 Å². The molecule has 7 aliphatic rings. The van der Waals surface area contributed by atoms with Crippen LogP contribution in [-0.2, 0) is 89.2 Å². The monoisotopic (exact) mass is 1580 g/mol. The Bertz CT molecular complexity index is 4560. The van der Waals surface area contributed by atoms with Crippen molar-refractivity contribution in [2.24, 2.45) is 0 Å². The molecule has 0 aromatic heterocycles. The van der Waals surface area contributed by atoms with Crippen molar-refractivity contribution in [3.63, 3.8) is 0 Å². The number of carbonyl (C=O) groups is 8. The molecule has 7 N–H and O–H groups in total. The number of ketones is 4. The highest BCUT2D eigenvalue weighted by Gasteiger charge is 2.44. The molecule has 592 valence electrons. The van der Waals surface area contributed by atoms with Crippen molar-refractivity contribution in [3.8, 4) is 46.0 Å². The van der Waals surface area contributed by atoms with E-state index in [1.807, 2.05) is 79.7 Å². The maximum absolute atomic E-state index is 13.1. The summed E-state index contributed by atoms with van der Waals surface area (Å²) >= 11 is 12.6. The Labute approximate surface area is 657 Å². The first kappa shape index (κ1) is 83.9. The van der Waals surface area contributed by atoms with E-state index in [1.165, 1.54) is 42.5 Å². The third-order valence-electron chi connectivity index (χ3n) is 19.1. The summed E-state index contributed by atoms with van der Waals surface area (Å²) in [6.45, 7) is 5.71. The molecule has 6 aromatic rings. The summed E-state index contributed by atoms with van der Waals surface area (Å²) in [5, 5.41) is 70.5. The highest BCUT2D eigenvalue weighted by molar-refractivity contribution is 6.34. The molecule has 0 amide bonds. The van der Waals surface area contributed by atoms with Gasteiger partial charge in [-0.25, -0.2) is 19.2 Å². The second-order valence-corrected chi connectivity index (χ2v) is 28.7. The van der Waals surface area contributed by atoms with Gasteiger partial charge in [0.1, 0.15) is 92.7 Å². The number of ether oxygens (including phenoxy) is 9. The lowest BCUT2D eigenvalue weighted by Gasteiger charge is -2.20. The SMILES string of the molecule is CCOCOc1cc(O)c2c(c1Cl)CC(=O)/C=C/CC/C=C/C[C@@H](C)OC2=O.C[C@H]1CC2OC2CC/C=C/C(=O)Cc2cc(O)cc(O)c2C(=O)O1.O=C1/C=C/CCC2OC2C[C@@H](Cc2ccccc2)OC(=O)c2c(O)cc(O)cc2C1.O=C1/C=C/CCC2OC2C[C@H](c2ccccc2)OC(=O)c2c(O)cc(O)c(Cl)c2C1. The van der Waals surface area contributed by atoms with Gasteiger partial charge in [-0.05, 0) is 131 Å². The van der Waals surface area contributed by atoms with Gasteiger partial charge in [0, 0.05) is 99.8 Å². The largest absolute Gasteiger partial charge is 0.508 e. The minimum atomic E-state index is -0.815. The Balaban J connectivity index is 0.000000159. The van der Waals surface area contributed by atoms with Crippen LogP contribution in [0.15, 0.2) is 158 Å². The van der Waals surface area contributed by atoms with Crippen LogP contribution >= 0.6 is 23.2 Å². The van der Waals surface area contributed by atoms with Crippen molar-refractivity contribution in [1.29, 1.82) is 0 Å². The summed E-state index contributed by atoms with van der Waals surface area (Å²) in [5.41, 5.74) is 2.03. The molecular formula is C86H90Cl2O24. The number of epoxide rings is 3. The molecule has 3 saturated heterocycles. The summed E-state index contributed by atoms with van der Waals surface area (Å²) in [6.07, 6.45) is 23.5. The van der Waals surface area contributed by atoms with E-state index in [0.29, 0.717) is 51.6 Å². The van der Waals surface area contributed by atoms with Crippen LogP contribution in [-0.4, -0.2) is 151 Å². The van der Waals surface area contributed by atoms with Gasteiger partial charge in [0.15, 0.2) is 29.9 Å². The summed E-state index contributed by atoms with van der Waals surface area (Å²) in [5.74, 6) is -6.31. The van der Waals surface area contributed by atoms with Gasteiger partial charge in [-0.2, -0.15) is 0 Å². The van der Waals surface area contributed by atoms with Crippen LogP contribution in [0.2, 0.25) is 10.0 Å². The fourth-order valence-corrected chi connectivity index (χ4v) is 13.9. The molecule has 26 heteroatoms. The van der Waals surface area contributed by atoms with E-state index in [4.69, 9.17) is 65.8 Å². The number of phenols is 7. The quantitative estimate of drug-likeness (QED) is 0.0195. The van der Waals surface area contributed by atoms with Gasteiger partial charge >= 0.3 is 23.9 Å². The van der Waals surface area contributed by atoms with Crippen LogP contribution in [0.5, 0.6) is 46.0 Å². The van der Waals surface area contributed by atoms with E-state index in [1.54, 1.807) is 38.2 Å². The van der Waals surface area contributed by atoms with Gasteiger partial charge in [-0.15, -0.1) is 0 Å². The van der Waals surface area contributed by atoms with Gasteiger partial charge in [0.2, 0.25) is 0 Å². The number of fused-ring (bicyclic) bond motifs is 7. The maximum Gasteiger partial charge on any atom is 0.342 e. The Morgan fingerprint density at radius 2 is 0.875 bits per heavy atom. The fourth-order valence-electron chi connectivity index (χ4n) is 13.4. The lowest BCUT2D eigenvalue weighted by molar-refractivity contribution is -0.114. The molecule has 6 aromatic carbocycles. The van der Waals surface area contributed by atoms with Gasteiger partial charge in [-0.1, -0.05) is 120 Å². The Morgan fingerprint density at radius 1 is 0.429 bits per heavy atom.